The fraction of sp³-hybridized carbons (Fsp3) is 0.444. The molecule has 6 nitrogen and oxygen atoms in total. The topological polar surface area (TPSA) is 71.8 Å². The summed E-state index contributed by atoms with van der Waals surface area (Å²) >= 11 is 3.45. The largest absolute Gasteiger partial charge is 0.460 e. The molecule has 0 spiro atoms. The summed E-state index contributed by atoms with van der Waals surface area (Å²) in [6.45, 7) is 2.71. The average Bonchev–Trinajstić information content (AvgIpc) is 3.29. The molecule has 0 radical (unpaired) electrons. The van der Waals surface area contributed by atoms with Gasteiger partial charge in [-0.25, -0.2) is 4.79 Å². The third-order valence-electron chi connectivity index (χ3n) is 4.00. The van der Waals surface area contributed by atoms with Crippen LogP contribution < -0.4 is 5.32 Å². The van der Waals surface area contributed by atoms with Crippen LogP contribution in [0.15, 0.2) is 27.1 Å². The van der Waals surface area contributed by atoms with Gasteiger partial charge in [0.1, 0.15) is 5.58 Å². The summed E-state index contributed by atoms with van der Waals surface area (Å²) in [5.41, 5.74) is 1.36. The number of nitrogens with zero attached hydrogens (tertiary/aromatic N) is 1. The van der Waals surface area contributed by atoms with Crippen molar-refractivity contribution in [1.29, 1.82) is 0 Å². The van der Waals surface area contributed by atoms with E-state index in [1.54, 1.807) is 6.92 Å². The predicted octanol–water partition coefficient (Wildman–Crippen LogP) is 3.08. The Kier molecular flexibility index (Phi) is 5.44. The molecule has 1 aliphatic carbocycles. The molecule has 0 atom stereocenters. The van der Waals surface area contributed by atoms with E-state index in [-0.39, 0.29) is 24.8 Å². The summed E-state index contributed by atoms with van der Waals surface area (Å²) in [4.78, 5) is 26.1. The van der Waals surface area contributed by atoms with Gasteiger partial charge < -0.3 is 14.5 Å². The van der Waals surface area contributed by atoms with E-state index in [4.69, 9.17) is 9.15 Å². The second-order valence-corrected chi connectivity index (χ2v) is 7.20. The monoisotopic (exact) mass is 408 g/mol. The number of furan rings is 1. The lowest BCUT2D eigenvalue weighted by molar-refractivity contribution is -0.122. The van der Waals surface area contributed by atoms with Crippen molar-refractivity contribution in [2.75, 3.05) is 20.2 Å². The Bertz CT molecular complexity index is 798. The van der Waals surface area contributed by atoms with Gasteiger partial charge in [-0.1, -0.05) is 15.9 Å². The molecule has 1 fully saturated rings. The van der Waals surface area contributed by atoms with Crippen molar-refractivity contribution in [3.05, 3.63) is 34.0 Å². The van der Waals surface area contributed by atoms with E-state index >= 15 is 0 Å². The normalized spacial score (nSPS) is 14.1. The fourth-order valence-electron chi connectivity index (χ4n) is 2.71. The lowest BCUT2D eigenvalue weighted by atomic mass is 10.1. The van der Waals surface area contributed by atoms with Crippen molar-refractivity contribution in [2.45, 2.75) is 32.4 Å². The predicted molar refractivity (Wildman–Crippen MR) is 97.4 cm³/mol. The summed E-state index contributed by atoms with van der Waals surface area (Å²) in [7, 11) is 1.85. The first-order valence-corrected chi connectivity index (χ1v) is 9.13. The number of esters is 1. The van der Waals surface area contributed by atoms with Crippen LogP contribution in [0.4, 0.5) is 0 Å². The first kappa shape index (κ1) is 17.9. The van der Waals surface area contributed by atoms with Crippen molar-refractivity contribution in [2.24, 2.45) is 0 Å². The van der Waals surface area contributed by atoms with Gasteiger partial charge >= 0.3 is 5.97 Å². The van der Waals surface area contributed by atoms with Gasteiger partial charge in [-0.15, -0.1) is 0 Å². The van der Waals surface area contributed by atoms with Gasteiger partial charge in [-0.3, -0.25) is 9.69 Å². The van der Waals surface area contributed by atoms with Crippen LogP contribution in [-0.4, -0.2) is 43.0 Å². The molecular weight excluding hydrogens is 388 g/mol. The van der Waals surface area contributed by atoms with Crippen LogP contribution in [0.1, 0.15) is 35.9 Å². The zero-order valence-electron chi connectivity index (χ0n) is 14.3. The number of ether oxygens (including phenoxy) is 1. The number of carbonyl (C=O) groups excluding carboxylic acids is 2. The number of fused-ring (bicyclic) bond motifs is 1. The average molecular weight is 409 g/mol. The van der Waals surface area contributed by atoms with E-state index in [9.17, 15) is 9.59 Å². The Labute approximate surface area is 154 Å². The number of amides is 1. The van der Waals surface area contributed by atoms with Crippen molar-refractivity contribution in [1.82, 2.24) is 10.2 Å². The maximum absolute atomic E-state index is 12.3. The molecule has 1 aromatic heterocycles. The van der Waals surface area contributed by atoms with Crippen LogP contribution in [0.5, 0.6) is 0 Å². The van der Waals surface area contributed by atoms with Gasteiger partial charge in [0.15, 0.2) is 0 Å². The highest BCUT2D eigenvalue weighted by Gasteiger charge is 2.25. The fourth-order valence-corrected chi connectivity index (χ4v) is 3.07. The first-order valence-electron chi connectivity index (χ1n) is 8.34. The maximum atomic E-state index is 12.3. The van der Waals surface area contributed by atoms with Gasteiger partial charge in [-0.05, 0) is 45.0 Å². The number of hydrogen-bond donors (Lipinski definition) is 1. The van der Waals surface area contributed by atoms with Crippen LogP contribution in [0, 0.1) is 0 Å². The Morgan fingerprint density at radius 1 is 1.40 bits per heavy atom. The van der Waals surface area contributed by atoms with Gasteiger partial charge in [-0.2, -0.15) is 0 Å². The van der Waals surface area contributed by atoms with E-state index in [0.717, 1.165) is 28.3 Å². The maximum Gasteiger partial charge on any atom is 0.374 e. The second-order valence-electron chi connectivity index (χ2n) is 6.28. The Hall–Kier alpha value is -1.86. The van der Waals surface area contributed by atoms with Crippen LogP contribution in [0.3, 0.4) is 0 Å². The molecule has 0 bridgehead atoms. The van der Waals surface area contributed by atoms with Gasteiger partial charge in [0.2, 0.25) is 11.7 Å². The molecular formula is C18H21BrN2O4. The highest BCUT2D eigenvalue weighted by atomic mass is 79.9. The summed E-state index contributed by atoms with van der Waals surface area (Å²) in [5.74, 6) is -0.290. The van der Waals surface area contributed by atoms with Gasteiger partial charge in [0.05, 0.1) is 13.2 Å². The van der Waals surface area contributed by atoms with E-state index < -0.39 is 5.97 Å². The molecule has 1 amide bonds. The summed E-state index contributed by atoms with van der Waals surface area (Å²) in [5, 5.41) is 3.80. The highest BCUT2D eigenvalue weighted by molar-refractivity contribution is 9.10. The van der Waals surface area contributed by atoms with E-state index in [0.29, 0.717) is 18.2 Å². The zero-order valence-corrected chi connectivity index (χ0v) is 15.9. The molecule has 2 aromatic rings. The Morgan fingerprint density at radius 3 is 2.84 bits per heavy atom. The molecule has 25 heavy (non-hydrogen) atoms. The number of carbonyl (C=O) groups is 2. The minimum absolute atomic E-state index is 0.00309. The SMILES string of the molecule is CCOC(=O)c1oc2ccc(Br)cc2c1CN(C)CC(=O)NC1CC1. The van der Waals surface area contributed by atoms with Crippen molar-refractivity contribution in [3.8, 4) is 0 Å². The van der Waals surface area contributed by atoms with Crippen LogP contribution >= 0.6 is 15.9 Å². The third-order valence-corrected chi connectivity index (χ3v) is 4.49. The minimum Gasteiger partial charge on any atom is -0.460 e. The van der Waals surface area contributed by atoms with Crippen LogP contribution in [-0.2, 0) is 16.1 Å². The molecule has 1 aromatic carbocycles. The quantitative estimate of drug-likeness (QED) is 0.712. The molecule has 0 saturated heterocycles. The summed E-state index contributed by atoms with van der Waals surface area (Å²) in [6.07, 6.45) is 2.12. The lowest BCUT2D eigenvalue weighted by Crippen LogP contribution is -2.36. The summed E-state index contributed by atoms with van der Waals surface area (Å²) < 4.78 is 11.7. The molecule has 1 heterocycles. The number of likely N-dealkylation sites (N-methyl/N-ethyl adjacent to an activating group) is 1. The number of benzene rings is 1. The van der Waals surface area contributed by atoms with Gasteiger partial charge in [0, 0.05) is 28.0 Å². The van der Waals surface area contributed by atoms with Crippen molar-refractivity contribution < 1.29 is 18.7 Å². The van der Waals surface area contributed by atoms with Crippen molar-refractivity contribution >= 4 is 38.8 Å². The number of halogens is 1. The standard InChI is InChI=1S/C18H21BrN2O4/c1-3-24-18(23)17-14(13-8-11(19)4-7-15(13)25-17)9-21(2)10-16(22)20-12-5-6-12/h4,7-8,12H,3,5-6,9-10H2,1-2H3,(H,20,22). The van der Waals surface area contributed by atoms with E-state index in [1.165, 1.54) is 0 Å². The molecule has 134 valence electrons. The van der Waals surface area contributed by atoms with Crippen molar-refractivity contribution in [3.63, 3.8) is 0 Å². The van der Waals surface area contributed by atoms with Crippen LogP contribution in [0.25, 0.3) is 11.0 Å². The Morgan fingerprint density at radius 2 is 2.16 bits per heavy atom. The number of nitrogens with one attached hydrogen (secondary N) is 1. The van der Waals surface area contributed by atoms with E-state index in [1.807, 2.05) is 30.1 Å². The lowest BCUT2D eigenvalue weighted by Gasteiger charge is -2.16. The van der Waals surface area contributed by atoms with E-state index in [2.05, 4.69) is 21.2 Å². The van der Waals surface area contributed by atoms with Gasteiger partial charge in [0.25, 0.3) is 0 Å². The molecule has 0 unspecified atom stereocenters. The molecule has 1 saturated carbocycles. The second kappa shape index (κ2) is 7.58. The molecule has 1 aliphatic rings. The zero-order chi connectivity index (χ0) is 18.0. The molecule has 1 N–H and O–H groups in total. The molecule has 0 aliphatic heterocycles. The molecule has 7 heteroatoms. The third kappa shape index (κ3) is 4.41. The minimum atomic E-state index is -0.486. The first-order chi connectivity index (χ1) is 12.0. The smallest absolute Gasteiger partial charge is 0.374 e. The number of rotatable bonds is 7. The molecule has 3 rings (SSSR count). The Balaban J connectivity index is 1.83. The highest BCUT2D eigenvalue weighted by Crippen LogP contribution is 2.30. The number of hydrogen-bond acceptors (Lipinski definition) is 5. The van der Waals surface area contributed by atoms with Crippen LogP contribution in [0.2, 0.25) is 0 Å². The summed E-state index contributed by atoms with van der Waals surface area (Å²) in [6, 6.07) is 5.92.